The predicted molar refractivity (Wildman–Crippen MR) is 64.5 cm³/mol. The van der Waals surface area contributed by atoms with Crippen molar-refractivity contribution in [1.29, 1.82) is 0 Å². The molecule has 1 aromatic carbocycles. The van der Waals surface area contributed by atoms with E-state index in [1.807, 2.05) is 26.0 Å². The molecule has 0 radical (unpaired) electrons. The van der Waals surface area contributed by atoms with E-state index in [9.17, 15) is 4.79 Å². The summed E-state index contributed by atoms with van der Waals surface area (Å²) in [7, 11) is 1.37. The summed E-state index contributed by atoms with van der Waals surface area (Å²) < 4.78 is 4.62. The van der Waals surface area contributed by atoms with Gasteiger partial charge in [0.1, 0.15) is 0 Å². The molecule has 1 aromatic rings. The van der Waals surface area contributed by atoms with E-state index >= 15 is 0 Å². The minimum atomic E-state index is -0.329. The van der Waals surface area contributed by atoms with Gasteiger partial charge < -0.3 is 15.8 Å². The number of hydrogen-bond donors (Lipinski definition) is 2. The fraction of sp³-hybridized carbons (Fsp3) is 0.417. The number of benzene rings is 1. The zero-order valence-electron chi connectivity index (χ0n) is 9.91. The lowest BCUT2D eigenvalue weighted by molar-refractivity contribution is 0.0601. The van der Waals surface area contributed by atoms with Gasteiger partial charge in [0, 0.05) is 17.8 Å². The molecule has 0 bridgehead atoms. The summed E-state index contributed by atoms with van der Waals surface area (Å²) in [4.78, 5) is 11.2. The Morgan fingerprint density at radius 1 is 1.38 bits per heavy atom. The number of hydrogen-bond acceptors (Lipinski definition) is 4. The summed E-state index contributed by atoms with van der Waals surface area (Å²) in [6.07, 6.45) is 0. The Bertz CT molecular complexity index is 358. The van der Waals surface area contributed by atoms with Crippen molar-refractivity contribution in [1.82, 2.24) is 0 Å². The number of methoxy groups -OCH3 is 1. The Morgan fingerprint density at radius 3 is 2.38 bits per heavy atom. The molecule has 0 fully saturated rings. The SMILES string of the molecule is COC(=O)c1ccc(NC(C)(C)CN)cc1. The summed E-state index contributed by atoms with van der Waals surface area (Å²) >= 11 is 0. The first-order valence-electron chi connectivity index (χ1n) is 5.15. The summed E-state index contributed by atoms with van der Waals surface area (Å²) in [6, 6.07) is 7.12. The average Bonchev–Trinajstić information content (AvgIpc) is 2.28. The van der Waals surface area contributed by atoms with Crippen molar-refractivity contribution in [2.24, 2.45) is 5.73 Å². The number of esters is 1. The van der Waals surface area contributed by atoms with E-state index < -0.39 is 0 Å². The summed E-state index contributed by atoms with van der Waals surface area (Å²) in [5, 5.41) is 3.27. The molecule has 0 saturated heterocycles. The van der Waals surface area contributed by atoms with Crippen LogP contribution in [0.4, 0.5) is 5.69 Å². The molecule has 88 valence electrons. The van der Waals surface area contributed by atoms with Crippen LogP contribution in [-0.2, 0) is 4.74 Å². The Hall–Kier alpha value is -1.55. The Labute approximate surface area is 95.8 Å². The highest BCUT2D eigenvalue weighted by molar-refractivity contribution is 5.89. The molecular formula is C12H18N2O2. The van der Waals surface area contributed by atoms with E-state index in [4.69, 9.17) is 5.73 Å². The van der Waals surface area contributed by atoms with Crippen molar-refractivity contribution >= 4 is 11.7 Å². The van der Waals surface area contributed by atoms with Crippen LogP contribution in [0.3, 0.4) is 0 Å². The molecule has 4 heteroatoms. The van der Waals surface area contributed by atoms with E-state index in [1.165, 1.54) is 7.11 Å². The van der Waals surface area contributed by atoms with Crippen LogP contribution in [-0.4, -0.2) is 25.2 Å². The van der Waals surface area contributed by atoms with Crippen LogP contribution in [0.2, 0.25) is 0 Å². The number of carbonyl (C=O) groups is 1. The third-order valence-corrected chi connectivity index (χ3v) is 2.30. The molecule has 0 aromatic heterocycles. The lowest BCUT2D eigenvalue weighted by atomic mass is 10.1. The maximum atomic E-state index is 11.2. The predicted octanol–water partition coefficient (Wildman–Crippen LogP) is 1.62. The number of ether oxygens (including phenoxy) is 1. The fourth-order valence-electron chi connectivity index (χ4n) is 1.25. The average molecular weight is 222 g/mol. The lowest BCUT2D eigenvalue weighted by Gasteiger charge is -2.25. The van der Waals surface area contributed by atoms with Crippen LogP contribution >= 0.6 is 0 Å². The third kappa shape index (κ3) is 3.24. The van der Waals surface area contributed by atoms with Crippen molar-refractivity contribution in [2.75, 3.05) is 19.0 Å². The Kier molecular flexibility index (Phi) is 3.90. The molecule has 0 atom stereocenters. The molecule has 0 saturated carbocycles. The minimum absolute atomic E-state index is 0.160. The number of anilines is 1. The van der Waals surface area contributed by atoms with E-state index in [2.05, 4.69) is 10.1 Å². The second kappa shape index (κ2) is 4.99. The van der Waals surface area contributed by atoms with Crippen molar-refractivity contribution in [2.45, 2.75) is 19.4 Å². The quantitative estimate of drug-likeness (QED) is 0.760. The molecule has 0 unspecified atom stereocenters. The van der Waals surface area contributed by atoms with Gasteiger partial charge in [-0.2, -0.15) is 0 Å². The number of rotatable bonds is 4. The van der Waals surface area contributed by atoms with Gasteiger partial charge in [0.15, 0.2) is 0 Å². The van der Waals surface area contributed by atoms with Gasteiger partial charge >= 0.3 is 5.97 Å². The van der Waals surface area contributed by atoms with Crippen molar-refractivity contribution < 1.29 is 9.53 Å². The number of nitrogens with two attached hydrogens (primary N) is 1. The molecule has 0 aliphatic heterocycles. The van der Waals surface area contributed by atoms with Crippen LogP contribution in [0.1, 0.15) is 24.2 Å². The van der Waals surface area contributed by atoms with Gasteiger partial charge in [0.2, 0.25) is 0 Å². The normalized spacial score (nSPS) is 11.0. The monoisotopic (exact) mass is 222 g/mol. The van der Waals surface area contributed by atoms with Gasteiger partial charge in [0.25, 0.3) is 0 Å². The van der Waals surface area contributed by atoms with Crippen LogP contribution in [0.5, 0.6) is 0 Å². The molecule has 1 rings (SSSR count). The van der Waals surface area contributed by atoms with E-state index in [-0.39, 0.29) is 11.5 Å². The smallest absolute Gasteiger partial charge is 0.337 e. The van der Waals surface area contributed by atoms with Gasteiger partial charge in [-0.1, -0.05) is 0 Å². The van der Waals surface area contributed by atoms with Crippen LogP contribution in [0.15, 0.2) is 24.3 Å². The van der Waals surface area contributed by atoms with Gasteiger partial charge in [-0.25, -0.2) is 4.79 Å². The highest BCUT2D eigenvalue weighted by Gasteiger charge is 2.14. The van der Waals surface area contributed by atoms with Crippen LogP contribution in [0, 0.1) is 0 Å². The first kappa shape index (κ1) is 12.5. The summed E-state index contributed by atoms with van der Waals surface area (Å²) in [6.45, 7) is 4.56. The molecule has 0 aliphatic rings. The first-order valence-corrected chi connectivity index (χ1v) is 5.15. The van der Waals surface area contributed by atoms with Crippen molar-refractivity contribution in [3.05, 3.63) is 29.8 Å². The summed E-state index contributed by atoms with van der Waals surface area (Å²) in [5.41, 5.74) is 6.93. The van der Waals surface area contributed by atoms with E-state index in [0.29, 0.717) is 12.1 Å². The minimum Gasteiger partial charge on any atom is -0.465 e. The fourth-order valence-corrected chi connectivity index (χ4v) is 1.25. The standard InChI is InChI=1S/C12H18N2O2/c1-12(2,8-13)14-10-6-4-9(5-7-10)11(15)16-3/h4-7,14H,8,13H2,1-3H3. The van der Waals surface area contributed by atoms with Crippen LogP contribution < -0.4 is 11.1 Å². The zero-order valence-corrected chi connectivity index (χ0v) is 9.91. The molecule has 0 heterocycles. The van der Waals surface area contributed by atoms with E-state index in [0.717, 1.165) is 5.69 Å². The van der Waals surface area contributed by atoms with Crippen molar-refractivity contribution in [3.8, 4) is 0 Å². The number of nitrogens with one attached hydrogen (secondary N) is 1. The van der Waals surface area contributed by atoms with Gasteiger partial charge in [-0.05, 0) is 38.1 Å². The van der Waals surface area contributed by atoms with E-state index in [1.54, 1.807) is 12.1 Å². The van der Waals surface area contributed by atoms with Crippen LogP contribution in [0.25, 0.3) is 0 Å². The third-order valence-electron chi connectivity index (χ3n) is 2.30. The first-order chi connectivity index (χ1) is 7.48. The lowest BCUT2D eigenvalue weighted by Crippen LogP contribution is -2.39. The molecule has 0 amide bonds. The molecule has 0 aliphatic carbocycles. The van der Waals surface area contributed by atoms with Gasteiger partial charge in [-0.15, -0.1) is 0 Å². The molecule has 3 N–H and O–H groups in total. The Balaban J connectivity index is 2.76. The molecule has 16 heavy (non-hydrogen) atoms. The van der Waals surface area contributed by atoms with Gasteiger partial charge in [-0.3, -0.25) is 0 Å². The molecule has 4 nitrogen and oxygen atoms in total. The maximum Gasteiger partial charge on any atom is 0.337 e. The van der Waals surface area contributed by atoms with Gasteiger partial charge in [0.05, 0.1) is 12.7 Å². The molecular weight excluding hydrogens is 204 g/mol. The second-order valence-electron chi connectivity index (χ2n) is 4.28. The number of carbonyl (C=O) groups excluding carboxylic acids is 1. The molecule has 0 spiro atoms. The highest BCUT2D eigenvalue weighted by atomic mass is 16.5. The second-order valence-corrected chi connectivity index (χ2v) is 4.28. The maximum absolute atomic E-state index is 11.2. The Morgan fingerprint density at radius 2 is 1.94 bits per heavy atom. The van der Waals surface area contributed by atoms with Crippen molar-refractivity contribution in [3.63, 3.8) is 0 Å². The largest absolute Gasteiger partial charge is 0.465 e. The summed E-state index contributed by atoms with van der Waals surface area (Å²) in [5.74, 6) is -0.329. The zero-order chi connectivity index (χ0) is 12.2. The highest BCUT2D eigenvalue weighted by Crippen LogP contribution is 2.15. The topological polar surface area (TPSA) is 64.3 Å².